The van der Waals surface area contributed by atoms with E-state index in [1.54, 1.807) is 0 Å². The van der Waals surface area contributed by atoms with Crippen molar-refractivity contribution in [2.24, 2.45) is 5.92 Å². The third-order valence-electron chi connectivity index (χ3n) is 3.00. The molecule has 0 bridgehead atoms. The van der Waals surface area contributed by atoms with Crippen LogP contribution in [0.1, 0.15) is 32.0 Å². The average Bonchev–Trinajstić information content (AvgIpc) is 2.68. The molecule has 17 heavy (non-hydrogen) atoms. The Morgan fingerprint density at radius 2 is 2.29 bits per heavy atom. The number of nitrogens with zero attached hydrogens (tertiary/aromatic N) is 1. The smallest absolute Gasteiger partial charge is 0.152 e. The molecule has 1 unspecified atom stereocenters. The molecule has 1 saturated heterocycles. The summed E-state index contributed by atoms with van der Waals surface area (Å²) in [6.07, 6.45) is 1.61. The normalized spacial score (nSPS) is 23.4. The van der Waals surface area contributed by atoms with E-state index >= 15 is 0 Å². The van der Waals surface area contributed by atoms with Gasteiger partial charge < -0.3 is 5.10 Å². The second-order valence-corrected chi connectivity index (χ2v) is 7.79. The number of hydrogen-bond acceptors (Lipinski definition) is 3. The first-order valence-electron chi connectivity index (χ1n) is 5.88. The van der Waals surface area contributed by atoms with Crippen LogP contribution in [0.3, 0.4) is 0 Å². The Morgan fingerprint density at radius 3 is 2.82 bits per heavy atom. The number of hydrogen-bond donors (Lipinski definition) is 1. The van der Waals surface area contributed by atoms with Crippen molar-refractivity contribution in [3.05, 3.63) is 16.4 Å². The fourth-order valence-electron chi connectivity index (χ4n) is 2.26. The number of H-pyrrole nitrogens is 1. The van der Waals surface area contributed by atoms with Crippen molar-refractivity contribution in [2.75, 3.05) is 11.5 Å². The molecule has 0 saturated carbocycles. The first kappa shape index (κ1) is 12.8. The molecule has 96 valence electrons. The minimum absolute atomic E-state index is 0.00610. The van der Waals surface area contributed by atoms with Crippen LogP contribution in [0.4, 0.5) is 0 Å². The second kappa shape index (κ2) is 4.57. The average molecular weight is 274 g/mol. The zero-order valence-corrected chi connectivity index (χ0v) is 11.8. The SMILES string of the molecule is CC(C)Cc1cc(=S)n(C2CCS(=O)(=O)C2)[nH]1. The van der Waals surface area contributed by atoms with Crippen LogP contribution in [0.15, 0.2) is 6.07 Å². The molecule has 0 spiro atoms. The predicted molar refractivity (Wildman–Crippen MR) is 70.5 cm³/mol. The zero-order chi connectivity index (χ0) is 12.6. The molecule has 1 aromatic heterocycles. The van der Waals surface area contributed by atoms with E-state index in [1.807, 2.05) is 10.7 Å². The zero-order valence-electron chi connectivity index (χ0n) is 10.1. The second-order valence-electron chi connectivity index (χ2n) is 5.14. The summed E-state index contributed by atoms with van der Waals surface area (Å²) in [4.78, 5) is 0. The molecule has 0 radical (unpaired) electrons. The molecule has 2 rings (SSSR count). The maximum Gasteiger partial charge on any atom is 0.152 e. The highest BCUT2D eigenvalue weighted by molar-refractivity contribution is 7.91. The van der Waals surface area contributed by atoms with E-state index in [4.69, 9.17) is 12.2 Å². The minimum atomic E-state index is -2.86. The van der Waals surface area contributed by atoms with E-state index in [9.17, 15) is 8.42 Å². The van der Waals surface area contributed by atoms with Gasteiger partial charge in [0, 0.05) is 5.69 Å². The number of aromatic amines is 1. The monoisotopic (exact) mass is 274 g/mol. The summed E-state index contributed by atoms with van der Waals surface area (Å²) in [6, 6.07) is 1.94. The largest absolute Gasteiger partial charge is 0.301 e. The Bertz CT molecular complexity index is 554. The van der Waals surface area contributed by atoms with E-state index < -0.39 is 9.84 Å². The number of rotatable bonds is 3. The van der Waals surface area contributed by atoms with Gasteiger partial charge in [-0.3, -0.25) is 4.68 Å². The third-order valence-corrected chi connectivity index (χ3v) is 5.07. The third kappa shape index (κ3) is 2.98. The summed E-state index contributed by atoms with van der Waals surface area (Å²) in [5, 5.41) is 3.24. The number of sulfone groups is 1. The van der Waals surface area contributed by atoms with Crippen molar-refractivity contribution >= 4 is 22.1 Å². The van der Waals surface area contributed by atoms with Gasteiger partial charge in [-0.2, -0.15) is 0 Å². The maximum atomic E-state index is 11.4. The summed E-state index contributed by atoms with van der Waals surface area (Å²) < 4.78 is 25.5. The molecule has 1 aromatic rings. The highest BCUT2D eigenvalue weighted by Crippen LogP contribution is 2.24. The lowest BCUT2D eigenvalue weighted by molar-refractivity contribution is 0.485. The lowest BCUT2D eigenvalue weighted by Gasteiger charge is -2.10. The van der Waals surface area contributed by atoms with E-state index in [1.165, 1.54) is 0 Å². The molecule has 1 aliphatic rings. The molecule has 1 aliphatic heterocycles. The van der Waals surface area contributed by atoms with Crippen molar-refractivity contribution in [1.29, 1.82) is 0 Å². The van der Waals surface area contributed by atoms with Gasteiger partial charge in [0.1, 0.15) is 4.64 Å². The van der Waals surface area contributed by atoms with E-state index in [2.05, 4.69) is 18.9 Å². The topological polar surface area (TPSA) is 54.9 Å². The van der Waals surface area contributed by atoms with Crippen LogP contribution in [-0.2, 0) is 16.3 Å². The summed E-state index contributed by atoms with van der Waals surface area (Å²) in [5.74, 6) is 1.05. The van der Waals surface area contributed by atoms with Gasteiger partial charge in [0.25, 0.3) is 0 Å². The van der Waals surface area contributed by atoms with Gasteiger partial charge in [0.15, 0.2) is 9.84 Å². The van der Waals surface area contributed by atoms with Crippen molar-refractivity contribution in [2.45, 2.75) is 32.7 Å². The fraction of sp³-hybridized carbons (Fsp3) is 0.727. The van der Waals surface area contributed by atoms with Crippen LogP contribution >= 0.6 is 12.2 Å². The highest BCUT2D eigenvalue weighted by Gasteiger charge is 2.29. The van der Waals surface area contributed by atoms with Gasteiger partial charge in [-0.1, -0.05) is 26.1 Å². The van der Waals surface area contributed by atoms with Crippen molar-refractivity contribution in [1.82, 2.24) is 9.78 Å². The van der Waals surface area contributed by atoms with Gasteiger partial charge in [0.2, 0.25) is 0 Å². The molecular weight excluding hydrogens is 256 g/mol. The lowest BCUT2D eigenvalue weighted by atomic mass is 10.1. The quantitative estimate of drug-likeness (QED) is 0.859. The van der Waals surface area contributed by atoms with Crippen LogP contribution in [-0.4, -0.2) is 29.7 Å². The standard InChI is InChI=1S/C11H18N2O2S2/c1-8(2)5-9-6-11(16)13(12-9)10-3-4-17(14,15)7-10/h6,8,10,12H,3-5,7H2,1-2H3. The Morgan fingerprint density at radius 1 is 1.59 bits per heavy atom. The fourth-order valence-corrected chi connectivity index (χ4v) is 4.29. The molecule has 0 amide bonds. The van der Waals surface area contributed by atoms with Gasteiger partial charge in [0.05, 0.1) is 17.5 Å². The lowest BCUT2D eigenvalue weighted by Crippen LogP contribution is -2.13. The van der Waals surface area contributed by atoms with Crippen LogP contribution in [0.2, 0.25) is 0 Å². The summed E-state index contributed by atoms with van der Waals surface area (Å²) in [5.41, 5.74) is 1.09. The van der Waals surface area contributed by atoms with Gasteiger partial charge in [-0.05, 0) is 24.8 Å². The first-order chi connectivity index (χ1) is 7.87. The van der Waals surface area contributed by atoms with Gasteiger partial charge >= 0.3 is 0 Å². The summed E-state index contributed by atoms with van der Waals surface area (Å²) in [6.45, 7) is 4.29. The predicted octanol–water partition coefficient (Wildman–Crippen LogP) is 2.10. The molecule has 1 fully saturated rings. The first-order valence-corrected chi connectivity index (χ1v) is 8.11. The molecule has 0 aromatic carbocycles. The molecule has 0 aliphatic carbocycles. The molecular formula is C11H18N2O2S2. The summed E-state index contributed by atoms with van der Waals surface area (Å²) in [7, 11) is -2.86. The van der Waals surface area contributed by atoms with Crippen LogP contribution in [0.25, 0.3) is 0 Å². The minimum Gasteiger partial charge on any atom is -0.301 e. The maximum absolute atomic E-state index is 11.4. The molecule has 1 atom stereocenters. The van der Waals surface area contributed by atoms with Crippen molar-refractivity contribution < 1.29 is 8.42 Å². The van der Waals surface area contributed by atoms with Gasteiger partial charge in [-0.15, -0.1) is 0 Å². The van der Waals surface area contributed by atoms with E-state index in [0.29, 0.717) is 17.0 Å². The number of nitrogens with one attached hydrogen (secondary N) is 1. The van der Waals surface area contributed by atoms with Gasteiger partial charge in [-0.25, -0.2) is 8.42 Å². The Balaban J connectivity index is 2.22. The molecule has 1 N–H and O–H groups in total. The number of aromatic nitrogens is 2. The Kier molecular flexibility index (Phi) is 3.45. The molecule has 2 heterocycles. The van der Waals surface area contributed by atoms with E-state index in [-0.39, 0.29) is 17.5 Å². The Hall–Kier alpha value is -0.620. The molecule has 6 heteroatoms. The van der Waals surface area contributed by atoms with Crippen LogP contribution in [0, 0.1) is 10.6 Å². The Labute approximate surface area is 107 Å². The van der Waals surface area contributed by atoms with Crippen molar-refractivity contribution in [3.63, 3.8) is 0 Å². The highest BCUT2D eigenvalue weighted by atomic mass is 32.2. The van der Waals surface area contributed by atoms with Crippen molar-refractivity contribution in [3.8, 4) is 0 Å². The summed E-state index contributed by atoms with van der Waals surface area (Å²) >= 11 is 5.27. The van der Waals surface area contributed by atoms with Crippen LogP contribution in [0.5, 0.6) is 0 Å². The molecule has 4 nitrogen and oxygen atoms in total. The van der Waals surface area contributed by atoms with E-state index in [0.717, 1.165) is 12.1 Å². The van der Waals surface area contributed by atoms with Crippen LogP contribution < -0.4 is 0 Å².